The van der Waals surface area contributed by atoms with E-state index < -0.39 is 0 Å². The number of carbonyl (C=O) groups is 1. The summed E-state index contributed by atoms with van der Waals surface area (Å²) in [5, 5.41) is 0. The Morgan fingerprint density at radius 3 is 2.38 bits per heavy atom. The van der Waals surface area contributed by atoms with E-state index in [1.807, 2.05) is 0 Å². The number of hydrogen-bond acceptors (Lipinski definition) is 3. The molecule has 46 valence electrons. The second-order valence-corrected chi connectivity index (χ2v) is 1.28. The number of carbonyl (C=O) groups excluding carboxylic acids is 1. The van der Waals surface area contributed by atoms with Gasteiger partial charge in [-0.25, -0.2) is 0 Å². The summed E-state index contributed by atoms with van der Waals surface area (Å²) in [4.78, 5) is 10.1. The molecule has 0 unspecified atom stereocenters. The lowest BCUT2D eigenvalue weighted by atomic mass is 10.6. The van der Waals surface area contributed by atoms with Gasteiger partial charge in [-0.05, 0) is 13.0 Å². The first kappa shape index (κ1) is 7.01. The molecular formula is C5H9NO2. The normalized spacial score (nSPS) is 11.0. The summed E-state index contributed by atoms with van der Waals surface area (Å²) in [6.07, 6.45) is 1.52. The minimum absolute atomic E-state index is 0.150. The molecule has 0 aliphatic heterocycles. The molecule has 0 amide bonds. The van der Waals surface area contributed by atoms with Gasteiger partial charge in [-0.2, -0.15) is 0 Å². The van der Waals surface area contributed by atoms with Crippen molar-refractivity contribution in [3.63, 3.8) is 0 Å². The molecule has 0 bridgehead atoms. The van der Waals surface area contributed by atoms with E-state index in [2.05, 4.69) is 4.74 Å². The van der Waals surface area contributed by atoms with Gasteiger partial charge < -0.3 is 10.5 Å². The van der Waals surface area contributed by atoms with Gasteiger partial charge >= 0.3 is 5.97 Å². The Morgan fingerprint density at radius 2 is 2.25 bits per heavy atom. The third-order valence-corrected chi connectivity index (χ3v) is 0.546. The molecule has 0 aromatic rings. The van der Waals surface area contributed by atoms with Gasteiger partial charge in [0.25, 0.3) is 0 Å². The number of allylic oxidation sites excluding steroid dienone is 1. The standard InChI is InChI=1S/C5H9NO2/c1-3-5(6)8-4(2)7/h3H,6H2,1-2H3/b5-3-. The van der Waals surface area contributed by atoms with Crippen LogP contribution in [0.1, 0.15) is 13.8 Å². The van der Waals surface area contributed by atoms with Crippen molar-refractivity contribution >= 4 is 5.97 Å². The maximum absolute atomic E-state index is 10.1. The van der Waals surface area contributed by atoms with Crippen molar-refractivity contribution in [2.75, 3.05) is 0 Å². The lowest BCUT2D eigenvalue weighted by Gasteiger charge is -1.95. The average molecular weight is 115 g/mol. The largest absolute Gasteiger partial charge is 0.411 e. The van der Waals surface area contributed by atoms with E-state index in [1.165, 1.54) is 13.0 Å². The molecule has 0 saturated heterocycles. The second-order valence-electron chi connectivity index (χ2n) is 1.28. The molecule has 8 heavy (non-hydrogen) atoms. The molecule has 0 heterocycles. The summed E-state index contributed by atoms with van der Waals surface area (Å²) in [7, 11) is 0. The Balaban J connectivity index is 3.56. The SMILES string of the molecule is C/C=C(/N)OC(C)=O. The summed E-state index contributed by atoms with van der Waals surface area (Å²) < 4.78 is 4.40. The summed E-state index contributed by atoms with van der Waals surface area (Å²) >= 11 is 0. The van der Waals surface area contributed by atoms with Crippen LogP contribution in [0.2, 0.25) is 0 Å². The van der Waals surface area contributed by atoms with Crippen molar-refractivity contribution in [2.24, 2.45) is 5.73 Å². The zero-order valence-corrected chi connectivity index (χ0v) is 4.97. The van der Waals surface area contributed by atoms with Crippen LogP contribution in [0.3, 0.4) is 0 Å². The number of ether oxygens (including phenoxy) is 1. The first-order chi connectivity index (χ1) is 3.66. The van der Waals surface area contributed by atoms with Gasteiger partial charge in [0, 0.05) is 6.92 Å². The van der Waals surface area contributed by atoms with E-state index >= 15 is 0 Å². The molecule has 0 aromatic heterocycles. The molecule has 0 aromatic carbocycles. The molecule has 0 saturated carbocycles. The van der Waals surface area contributed by atoms with Crippen LogP contribution >= 0.6 is 0 Å². The van der Waals surface area contributed by atoms with Crippen LogP contribution in [-0.2, 0) is 9.53 Å². The highest BCUT2D eigenvalue weighted by atomic mass is 16.5. The zero-order chi connectivity index (χ0) is 6.57. The fraction of sp³-hybridized carbons (Fsp3) is 0.400. The molecule has 0 rings (SSSR count). The minimum atomic E-state index is -0.388. The molecular weight excluding hydrogens is 106 g/mol. The number of nitrogens with two attached hydrogens (primary N) is 1. The lowest BCUT2D eigenvalue weighted by molar-refractivity contribution is -0.136. The van der Waals surface area contributed by atoms with Crippen molar-refractivity contribution < 1.29 is 9.53 Å². The van der Waals surface area contributed by atoms with Crippen molar-refractivity contribution in [1.82, 2.24) is 0 Å². The average Bonchev–Trinajstić information content (AvgIpc) is 1.65. The predicted molar refractivity (Wildman–Crippen MR) is 29.7 cm³/mol. The van der Waals surface area contributed by atoms with Gasteiger partial charge in [0.15, 0.2) is 5.88 Å². The summed E-state index contributed by atoms with van der Waals surface area (Å²) in [5.41, 5.74) is 5.09. The molecule has 0 spiro atoms. The van der Waals surface area contributed by atoms with Crippen LogP contribution in [0.5, 0.6) is 0 Å². The molecule has 2 N–H and O–H groups in total. The predicted octanol–water partition coefficient (Wildman–Crippen LogP) is 0.370. The van der Waals surface area contributed by atoms with E-state index in [-0.39, 0.29) is 11.9 Å². The highest BCUT2D eigenvalue weighted by Crippen LogP contribution is 1.85. The van der Waals surface area contributed by atoms with Crippen LogP contribution in [0.25, 0.3) is 0 Å². The fourth-order valence-corrected chi connectivity index (χ4v) is 0.225. The quantitative estimate of drug-likeness (QED) is 0.396. The third-order valence-electron chi connectivity index (χ3n) is 0.546. The first-order valence-electron chi connectivity index (χ1n) is 2.27. The van der Waals surface area contributed by atoms with E-state index in [0.717, 1.165) is 0 Å². The Morgan fingerprint density at radius 1 is 1.75 bits per heavy atom. The van der Waals surface area contributed by atoms with Crippen LogP contribution in [0, 0.1) is 0 Å². The van der Waals surface area contributed by atoms with Crippen LogP contribution in [0.4, 0.5) is 0 Å². The Labute approximate surface area is 48.1 Å². The molecule has 0 aliphatic carbocycles. The maximum atomic E-state index is 10.1. The number of esters is 1. The van der Waals surface area contributed by atoms with E-state index in [4.69, 9.17) is 5.73 Å². The van der Waals surface area contributed by atoms with Gasteiger partial charge in [-0.3, -0.25) is 4.79 Å². The minimum Gasteiger partial charge on any atom is -0.411 e. The second kappa shape index (κ2) is 3.07. The smallest absolute Gasteiger partial charge is 0.309 e. The van der Waals surface area contributed by atoms with Crippen molar-refractivity contribution in [3.05, 3.63) is 12.0 Å². The topological polar surface area (TPSA) is 52.3 Å². The molecule has 3 nitrogen and oxygen atoms in total. The van der Waals surface area contributed by atoms with Gasteiger partial charge in [0.05, 0.1) is 0 Å². The molecule has 3 heteroatoms. The molecule has 0 radical (unpaired) electrons. The summed E-state index contributed by atoms with van der Waals surface area (Å²) in [5.74, 6) is -0.238. The Kier molecular flexibility index (Phi) is 2.69. The van der Waals surface area contributed by atoms with E-state index in [1.54, 1.807) is 6.92 Å². The number of rotatable bonds is 1. The Hall–Kier alpha value is -0.990. The van der Waals surface area contributed by atoms with Crippen LogP contribution < -0.4 is 5.73 Å². The van der Waals surface area contributed by atoms with E-state index in [0.29, 0.717) is 0 Å². The Bertz CT molecular complexity index is 118. The van der Waals surface area contributed by atoms with E-state index in [9.17, 15) is 4.79 Å². The van der Waals surface area contributed by atoms with Crippen molar-refractivity contribution in [1.29, 1.82) is 0 Å². The van der Waals surface area contributed by atoms with Crippen molar-refractivity contribution in [3.8, 4) is 0 Å². The molecule has 0 aliphatic rings. The number of hydrogen-bond donors (Lipinski definition) is 1. The maximum Gasteiger partial charge on any atom is 0.309 e. The first-order valence-corrected chi connectivity index (χ1v) is 2.27. The van der Waals surface area contributed by atoms with Gasteiger partial charge in [0.2, 0.25) is 0 Å². The molecule has 0 atom stereocenters. The van der Waals surface area contributed by atoms with Gasteiger partial charge in [-0.1, -0.05) is 0 Å². The third kappa shape index (κ3) is 3.21. The van der Waals surface area contributed by atoms with Crippen molar-refractivity contribution in [2.45, 2.75) is 13.8 Å². The van der Waals surface area contributed by atoms with Crippen LogP contribution in [-0.4, -0.2) is 5.97 Å². The zero-order valence-electron chi connectivity index (χ0n) is 4.97. The highest BCUT2D eigenvalue weighted by Gasteiger charge is 1.90. The summed E-state index contributed by atoms with van der Waals surface area (Å²) in [6.45, 7) is 2.99. The van der Waals surface area contributed by atoms with Gasteiger partial charge in [-0.15, -0.1) is 0 Å². The monoisotopic (exact) mass is 115 g/mol. The van der Waals surface area contributed by atoms with Crippen LogP contribution in [0.15, 0.2) is 12.0 Å². The highest BCUT2D eigenvalue weighted by molar-refractivity contribution is 5.67. The van der Waals surface area contributed by atoms with Gasteiger partial charge in [0.1, 0.15) is 0 Å². The molecule has 0 fully saturated rings. The lowest BCUT2D eigenvalue weighted by Crippen LogP contribution is -2.05. The fourth-order valence-electron chi connectivity index (χ4n) is 0.225. The summed E-state index contributed by atoms with van der Waals surface area (Å²) in [6, 6.07) is 0.